The highest BCUT2D eigenvalue weighted by Gasteiger charge is 2.42. The molecule has 1 aromatic rings. The van der Waals surface area contributed by atoms with E-state index in [1.165, 1.54) is 0 Å². The predicted octanol–water partition coefficient (Wildman–Crippen LogP) is 2.53. The summed E-state index contributed by atoms with van der Waals surface area (Å²) in [5.74, 6) is 0.624. The van der Waals surface area contributed by atoms with Crippen LogP contribution in [0.1, 0.15) is 32.1 Å². The minimum atomic E-state index is -0.826. The molecule has 5 nitrogen and oxygen atoms in total. The third-order valence-electron chi connectivity index (χ3n) is 4.72. The zero-order valence-corrected chi connectivity index (χ0v) is 14.6. The van der Waals surface area contributed by atoms with E-state index in [4.69, 9.17) is 21.1 Å². The zero-order valence-electron chi connectivity index (χ0n) is 13.9. The van der Waals surface area contributed by atoms with E-state index in [9.17, 15) is 4.79 Å². The van der Waals surface area contributed by atoms with Crippen LogP contribution in [-0.4, -0.2) is 43.9 Å². The first-order valence-electron chi connectivity index (χ1n) is 8.73. The van der Waals surface area contributed by atoms with Crippen molar-refractivity contribution in [2.45, 2.75) is 43.8 Å². The summed E-state index contributed by atoms with van der Waals surface area (Å²) in [6.45, 7) is 2.87. The van der Waals surface area contributed by atoms with Gasteiger partial charge in [-0.2, -0.15) is 0 Å². The maximum absolute atomic E-state index is 12.9. The number of piperidine rings is 1. The molecule has 0 saturated carbocycles. The molecule has 0 bridgehead atoms. The Morgan fingerprint density at radius 1 is 1.29 bits per heavy atom. The van der Waals surface area contributed by atoms with Crippen LogP contribution in [0.2, 0.25) is 5.02 Å². The number of amides is 1. The molecule has 24 heavy (non-hydrogen) atoms. The molecule has 1 amide bonds. The van der Waals surface area contributed by atoms with E-state index >= 15 is 0 Å². The molecule has 6 heteroatoms. The van der Waals surface area contributed by atoms with Gasteiger partial charge in [-0.25, -0.2) is 0 Å². The molecule has 0 aromatic heterocycles. The fourth-order valence-corrected chi connectivity index (χ4v) is 3.40. The molecule has 1 unspecified atom stereocenters. The Balaban J connectivity index is 1.65. The van der Waals surface area contributed by atoms with Crippen LogP contribution in [0.3, 0.4) is 0 Å². The Labute approximate surface area is 148 Å². The highest BCUT2D eigenvalue weighted by atomic mass is 35.5. The second kappa shape index (κ2) is 8.19. The average molecular weight is 353 g/mol. The fourth-order valence-electron chi connectivity index (χ4n) is 3.27. The Kier molecular flexibility index (Phi) is 5.98. The molecule has 0 spiro atoms. The van der Waals surface area contributed by atoms with Crippen molar-refractivity contribution in [3.05, 3.63) is 29.3 Å². The minimum Gasteiger partial charge on any atom is -0.477 e. The molecular formula is C18H25ClN2O3. The monoisotopic (exact) mass is 352 g/mol. The van der Waals surface area contributed by atoms with Crippen LogP contribution in [0.4, 0.5) is 0 Å². The number of benzene rings is 1. The molecule has 2 aliphatic heterocycles. The Morgan fingerprint density at radius 3 is 2.71 bits per heavy atom. The summed E-state index contributed by atoms with van der Waals surface area (Å²) in [6, 6.07) is 7.17. The van der Waals surface area contributed by atoms with Gasteiger partial charge in [0, 0.05) is 31.0 Å². The first-order valence-corrected chi connectivity index (χ1v) is 9.11. The summed E-state index contributed by atoms with van der Waals surface area (Å²) in [6.07, 6.45) is 4.70. The van der Waals surface area contributed by atoms with Crippen molar-refractivity contribution in [2.24, 2.45) is 0 Å². The maximum Gasteiger partial charge on any atom is 0.264 e. The molecule has 2 aliphatic rings. The van der Waals surface area contributed by atoms with Crippen LogP contribution in [0.5, 0.6) is 5.75 Å². The summed E-state index contributed by atoms with van der Waals surface area (Å²) in [5.41, 5.74) is -0.826. The molecule has 2 N–H and O–H groups in total. The summed E-state index contributed by atoms with van der Waals surface area (Å²) in [5, 5.41) is 6.99. The smallest absolute Gasteiger partial charge is 0.264 e. The van der Waals surface area contributed by atoms with E-state index in [0.29, 0.717) is 30.2 Å². The third kappa shape index (κ3) is 4.41. The minimum absolute atomic E-state index is 0.0480. The SMILES string of the molecule is O=C(NCC1CCCCO1)C1(Oc2ccc(Cl)cc2)CCNCC1. The van der Waals surface area contributed by atoms with Crippen molar-refractivity contribution in [3.63, 3.8) is 0 Å². The second-order valence-electron chi connectivity index (χ2n) is 6.50. The lowest BCUT2D eigenvalue weighted by molar-refractivity contribution is -0.140. The number of nitrogens with one attached hydrogen (secondary N) is 2. The van der Waals surface area contributed by atoms with E-state index in [1.54, 1.807) is 12.1 Å². The first kappa shape index (κ1) is 17.5. The highest BCUT2D eigenvalue weighted by molar-refractivity contribution is 6.30. The molecule has 2 fully saturated rings. The van der Waals surface area contributed by atoms with Crippen LogP contribution in [0, 0.1) is 0 Å². The van der Waals surface area contributed by atoms with Crippen LogP contribution in [0.25, 0.3) is 0 Å². The topological polar surface area (TPSA) is 59.6 Å². The highest BCUT2D eigenvalue weighted by Crippen LogP contribution is 2.28. The van der Waals surface area contributed by atoms with Gasteiger partial charge in [0.05, 0.1) is 6.10 Å². The average Bonchev–Trinajstić information content (AvgIpc) is 2.63. The lowest BCUT2D eigenvalue weighted by atomic mass is 9.90. The van der Waals surface area contributed by atoms with Crippen molar-refractivity contribution >= 4 is 17.5 Å². The number of hydrogen-bond acceptors (Lipinski definition) is 4. The van der Waals surface area contributed by atoms with E-state index in [2.05, 4.69) is 10.6 Å². The molecule has 0 radical (unpaired) electrons. The van der Waals surface area contributed by atoms with Gasteiger partial charge < -0.3 is 20.1 Å². The predicted molar refractivity (Wildman–Crippen MR) is 93.5 cm³/mol. The number of rotatable bonds is 5. The fraction of sp³-hybridized carbons (Fsp3) is 0.611. The molecule has 0 aliphatic carbocycles. The summed E-state index contributed by atoms with van der Waals surface area (Å²) < 4.78 is 11.8. The van der Waals surface area contributed by atoms with Crippen LogP contribution >= 0.6 is 11.6 Å². The number of hydrogen-bond donors (Lipinski definition) is 2. The summed E-state index contributed by atoms with van der Waals surface area (Å²) in [7, 11) is 0. The molecule has 2 saturated heterocycles. The van der Waals surface area contributed by atoms with E-state index < -0.39 is 5.60 Å². The molecule has 1 atom stereocenters. The van der Waals surface area contributed by atoms with Gasteiger partial charge in [-0.15, -0.1) is 0 Å². The zero-order chi connectivity index (χ0) is 16.8. The summed E-state index contributed by atoms with van der Waals surface area (Å²) in [4.78, 5) is 12.9. The van der Waals surface area contributed by atoms with Gasteiger partial charge in [0.2, 0.25) is 0 Å². The van der Waals surface area contributed by atoms with Gasteiger partial charge >= 0.3 is 0 Å². The number of carbonyl (C=O) groups is 1. The van der Waals surface area contributed by atoms with Crippen LogP contribution < -0.4 is 15.4 Å². The Hall–Kier alpha value is -1.30. The molecular weight excluding hydrogens is 328 g/mol. The van der Waals surface area contributed by atoms with E-state index in [-0.39, 0.29) is 12.0 Å². The van der Waals surface area contributed by atoms with E-state index in [0.717, 1.165) is 39.0 Å². The van der Waals surface area contributed by atoms with Crippen molar-refractivity contribution in [2.75, 3.05) is 26.2 Å². The van der Waals surface area contributed by atoms with Crippen LogP contribution in [-0.2, 0) is 9.53 Å². The molecule has 1 aromatic carbocycles. The van der Waals surface area contributed by atoms with Gasteiger partial charge in [-0.1, -0.05) is 11.6 Å². The Morgan fingerprint density at radius 2 is 2.04 bits per heavy atom. The van der Waals surface area contributed by atoms with Crippen LogP contribution in [0.15, 0.2) is 24.3 Å². The van der Waals surface area contributed by atoms with Crippen molar-refractivity contribution in [3.8, 4) is 5.75 Å². The third-order valence-corrected chi connectivity index (χ3v) is 4.97. The largest absolute Gasteiger partial charge is 0.477 e. The van der Waals surface area contributed by atoms with E-state index in [1.807, 2.05) is 12.1 Å². The van der Waals surface area contributed by atoms with Gasteiger partial charge in [0.1, 0.15) is 5.75 Å². The van der Waals surface area contributed by atoms with Crippen molar-refractivity contribution in [1.82, 2.24) is 10.6 Å². The quantitative estimate of drug-likeness (QED) is 0.855. The maximum atomic E-state index is 12.9. The molecule has 2 heterocycles. The number of ether oxygens (including phenoxy) is 2. The van der Waals surface area contributed by atoms with Crippen molar-refractivity contribution < 1.29 is 14.3 Å². The van der Waals surface area contributed by atoms with Gasteiger partial charge in [-0.3, -0.25) is 4.79 Å². The number of halogens is 1. The van der Waals surface area contributed by atoms with Gasteiger partial charge in [0.15, 0.2) is 5.60 Å². The summed E-state index contributed by atoms with van der Waals surface area (Å²) >= 11 is 5.93. The first-order chi connectivity index (χ1) is 11.7. The lowest BCUT2D eigenvalue weighted by Crippen LogP contribution is -2.57. The Bertz CT molecular complexity index is 538. The second-order valence-corrected chi connectivity index (χ2v) is 6.94. The van der Waals surface area contributed by atoms with Gasteiger partial charge in [-0.05, 0) is 56.6 Å². The van der Waals surface area contributed by atoms with Crippen molar-refractivity contribution in [1.29, 1.82) is 0 Å². The number of carbonyl (C=O) groups excluding carboxylic acids is 1. The molecule has 132 valence electrons. The standard InChI is InChI=1S/C18H25ClN2O3/c19-14-4-6-15(7-5-14)24-18(8-10-20-11-9-18)17(22)21-13-16-3-1-2-12-23-16/h4-7,16,20H,1-3,8-13H2,(H,21,22). The van der Waals surface area contributed by atoms with Gasteiger partial charge in [0.25, 0.3) is 5.91 Å². The molecule has 3 rings (SSSR count). The lowest BCUT2D eigenvalue weighted by Gasteiger charge is -2.37. The normalized spacial score (nSPS) is 23.5.